The Kier molecular flexibility index (Phi) is 4.39. The number of hydrogen-bond acceptors (Lipinski definition) is 5. The molecule has 0 heterocycles. The zero-order chi connectivity index (χ0) is 15.4. The van der Waals surface area contributed by atoms with Crippen LogP contribution in [-0.4, -0.2) is 15.7 Å². The van der Waals surface area contributed by atoms with Crippen LogP contribution in [0.4, 0.5) is 11.4 Å². The second-order valence-electron chi connectivity index (χ2n) is 4.28. The van der Waals surface area contributed by atoms with Gasteiger partial charge >= 0.3 is 0 Å². The lowest BCUT2D eigenvalue weighted by Gasteiger charge is -2.05. The van der Waals surface area contributed by atoms with Crippen LogP contribution in [0.15, 0.2) is 47.6 Å². The maximum atomic E-state index is 10.5. The second kappa shape index (κ2) is 6.23. The first-order valence-electron chi connectivity index (χ1n) is 6.01. The van der Waals surface area contributed by atoms with Crippen molar-refractivity contribution in [2.45, 2.75) is 6.92 Å². The molecule has 108 valence electrons. The van der Waals surface area contributed by atoms with Crippen molar-refractivity contribution >= 4 is 28.7 Å². The van der Waals surface area contributed by atoms with Gasteiger partial charge in [-0.1, -0.05) is 17.7 Å². The van der Waals surface area contributed by atoms with Gasteiger partial charge in [-0.25, -0.2) is 0 Å². The Labute approximate surface area is 125 Å². The summed E-state index contributed by atoms with van der Waals surface area (Å²) in [5.74, 6) is -0.0148. The number of nitrogens with one attached hydrogen (secondary N) is 1. The van der Waals surface area contributed by atoms with E-state index in [0.717, 1.165) is 0 Å². The van der Waals surface area contributed by atoms with Crippen molar-refractivity contribution < 1.29 is 10.0 Å². The number of anilines is 1. The van der Waals surface area contributed by atoms with E-state index >= 15 is 0 Å². The Morgan fingerprint density at radius 3 is 2.52 bits per heavy atom. The van der Waals surface area contributed by atoms with E-state index in [-0.39, 0.29) is 16.5 Å². The van der Waals surface area contributed by atoms with Crippen LogP contribution < -0.4 is 5.43 Å². The summed E-state index contributed by atoms with van der Waals surface area (Å²) in [4.78, 5) is 10.1. The predicted octanol–water partition coefficient (Wildman–Crippen LogP) is 3.79. The number of phenols is 1. The summed E-state index contributed by atoms with van der Waals surface area (Å²) in [6, 6.07) is 10.7. The Morgan fingerprint density at radius 2 is 1.95 bits per heavy atom. The van der Waals surface area contributed by atoms with E-state index < -0.39 is 4.92 Å². The van der Waals surface area contributed by atoms with Gasteiger partial charge in [-0.2, -0.15) is 5.10 Å². The molecule has 0 saturated heterocycles. The molecule has 2 aromatic rings. The average molecular weight is 306 g/mol. The van der Waals surface area contributed by atoms with Crippen molar-refractivity contribution in [3.8, 4) is 5.75 Å². The number of hydrazone groups is 1. The van der Waals surface area contributed by atoms with Crippen LogP contribution in [0, 0.1) is 10.1 Å². The first-order valence-corrected chi connectivity index (χ1v) is 6.39. The van der Waals surface area contributed by atoms with Gasteiger partial charge in [0.05, 0.1) is 21.3 Å². The third-order valence-corrected chi connectivity index (χ3v) is 3.11. The van der Waals surface area contributed by atoms with Crippen LogP contribution in [0.5, 0.6) is 5.75 Å². The molecule has 0 aromatic heterocycles. The van der Waals surface area contributed by atoms with Crippen molar-refractivity contribution in [3.05, 3.63) is 63.2 Å². The van der Waals surface area contributed by atoms with Gasteiger partial charge in [0, 0.05) is 17.7 Å². The van der Waals surface area contributed by atoms with Crippen molar-refractivity contribution in [2.75, 3.05) is 5.43 Å². The van der Waals surface area contributed by atoms with Crippen molar-refractivity contribution in [1.29, 1.82) is 0 Å². The van der Waals surface area contributed by atoms with E-state index in [4.69, 9.17) is 11.6 Å². The second-order valence-corrected chi connectivity index (χ2v) is 4.69. The SMILES string of the molecule is C/C(=N\Nc1ccc([N+](=O)[O-])cc1)c1ccc(Cl)c(O)c1. The molecule has 0 aliphatic heterocycles. The Balaban J connectivity index is 2.12. The summed E-state index contributed by atoms with van der Waals surface area (Å²) in [7, 11) is 0. The number of nitrogens with zero attached hydrogens (tertiary/aromatic N) is 2. The third kappa shape index (κ3) is 3.70. The molecular weight excluding hydrogens is 294 g/mol. The van der Waals surface area contributed by atoms with Gasteiger partial charge in [-0.05, 0) is 31.2 Å². The first kappa shape index (κ1) is 14.8. The minimum atomic E-state index is -0.464. The number of nitro benzene ring substituents is 1. The number of rotatable bonds is 4. The van der Waals surface area contributed by atoms with Gasteiger partial charge in [0.1, 0.15) is 5.75 Å². The van der Waals surface area contributed by atoms with Gasteiger partial charge in [0.25, 0.3) is 5.69 Å². The van der Waals surface area contributed by atoms with Gasteiger partial charge in [-0.3, -0.25) is 15.5 Å². The van der Waals surface area contributed by atoms with Gasteiger partial charge in [0.15, 0.2) is 0 Å². The van der Waals surface area contributed by atoms with E-state index in [2.05, 4.69) is 10.5 Å². The molecule has 7 heteroatoms. The molecule has 0 unspecified atom stereocenters. The number of nitro groups is 1. The molecule has 0 amide bonds. The lowest BCUT2D eigenvalue weighted by molar-refractivity contribution is -0.384. The monoisotopic (exact) mass is 305 g/mol. The zero-order valence-electron chi connectivity index (χ0n) is 11.1. The summed E-state index contributed by atoms with van der Waals surface area (Å²) in [6.45, 7) is 1.76. The Hall–Kier alpha value is -2.60. The summed E-state index contributed by atoms with van der Waals surface area (Å²) in [5.41, 5.74) is 4.79. The summed E-state index contributed by atoms with van der Waals surface area (Å²) >= 11 is 5.74. The number of phenolic OH excluding ortho intramolecular Hbond substituents is 1. The molecular formula is C14H12ClN3O3. The molecule has 0 aliphatic carbocycles. The first-order chi connectivity index (χ1) is 9.97. The lowest BCUT2D eigenvalue weighted by atomic mass is 10.1. The Morgan fingerprint density at radius 1 is 1.29 bits per heavy atom. The highest BCUT2D eigenvalue weighted by Gasteiger charge is 2.05. The maximum absolute atomic E-state index is 10.5. The molecule has 2 aromatic carbocycles. The molecule has 0 atom stereocenters. The van der Waals surface area contributed by atoms with Crippen LogP contribution in [0.25, 0.3) is 0 Å². The number of non-ortho nitro benzene ring substituents is 1. The fourth-order valence-electron chi connectivity index (χ4n) is 1.61. The molecule has 6 nitrogen and oxygen atoms in total. The minimum absolute atomic E-state index is 0.0148. The maximum Gasteiger partial charge on any atom is 0.269 e. The molecule has 0 fully saturated rings. The predicted molar refractivity (Wildman–Crippen MR) is 82.0 cm³/mol. The number of aromatic hydroxyl groups is 1. The van der Waals surface area contributed by atoms with Gasteiger partial charge in [0.2, 0.25) is 0 Å². The third-order valence-electron chi connectivity index (χ3n) is 2.79. The highest BCUT2D eigenvalue weighted by molar-refractivity contribution is 6.32. The van der Waals surface area contributed by atoms with Crippen LogP contribution in [0.1, 0.15) is 12.5 Å². The standard InChI is InChI=1S/C14H12ClN3O3/c1-9(10-2-7-13(15)14(19)8-10)16-17-11-3-5-12(6-4-11)18(20)21/h2-8,17,19H,1H3/b16-9+. The molecule has 2 rings (SSSR count). The van der Waals surface area contributed by atoms with Gasteiger partial charge in [-0.15, -0.1) is 0 Å². The molecule has 0 aliphatic rings. The largest absolute Gasteiger partial charge is 0.506 e. The van der Waals surface area contributed by atoms with Crippen LogP contribution in [-0.2, 0) is 0 Å². The molecule has 0 spiro atoms. The van der Waals surface area contributed by atoms with Crippen LogP contribution >= 0.6 is 11.6 Å². The van der Waals surface area contributed by atoms with Crippen molar-refractivity contribution in [2.24, 2.45) is 5.10 Å². The quantitative estimate of drug-likeness (QED) is 0.511. The van der Waals surface area contributed by atoms with Gasteiger partial charge < -0.3 is 5.11 Å². The molecule has 0 bridgehead atoms. The summed E-state index contributed by atoms with van der Waals surface area (Å²) in [5, 5.41) is 24.5. The van der Waals surface area contributed by atoms with Crippen LogP contribution in [0.3, 0.4) is 0 Å². The van der Waals surface area contributed by atoms with E-state index in [0.29, 0.717) is 17.0 Å². The minimum Gasteiger partial charge on any atom is -0.506 e. The van der Waals surface area contributed by atoms with E-state index in [1.54, 1.807) is 31.2 Å². The lowest BCUT2D eigenvalue weighted by Crippen LogP contribution is -1.99. The Bertz CT molecular complexity index is 699. The topological polar surface area (TPSA) is 87.8 Å². The smallest absolute Gasteiger partial charge is 0.269 e. The highest BCUT2D eigenvalue weighted by Crippen LogP contribution is 2.24. The van der Waals surface area contributed by atoms with E-state index in [1.807, 2.05) is 0 Å². The number of benzene rings is 2. The van der Waals surface area contributed by atoms with Crippen molar-refractivity contribution in [3.63, 3.8) is 0 Å². The molecule has 21 heavy (non-hydrogen) atoms. The van der Waals surface area contributed by atoms with Crippen LogP contribution in [0.2, 0.25) is 5.02 Å². The van der Waals surface area contributed by atoms with Crippen molar-refractivity contribution in [1.82, 2.24) is 0 Å². The average Bonchev–Trinajstić information content (AvgIpc) is 2.48. The molecule has 0 radical (unpaired) electrons. The fraction of sp³-hybridized carbons (Fsp3) is 0.0714. The fourth-order valence-corrected chi connectivity index (χ4v) is 1.73. The summed E-state index contributed by atoms with van der Waals surface area (Å²) < 4.78 is 0. The van der Waals surface area contributed by atoms with E-state index in [1.165, 1.54) is 18.2 Å². The number of hydrogen-bond donors (Lipinski definition) is 2. The molecule has 0 saturated carbocycles. The molecule has 2 N–H and O–H groups in total. The van der Waals surface area contributed by atoms with E-state index in [9.17, 15) is 15.2 Å². The summed E-state index contributed by atoms with van der Waals surface area (Å²) in [6.07, 6.45) is 0. The highest BCUT2D eigenvalue weighted by atomic mass is 35.5. The zero-order valence-corrected chi connectivity index (χ0v) is 11.8. The number of halogens is 1. The normalized spacial score (nSPS) is 11.2.